The van der Waals surface area contributed by atoms with Crippen LogP contribution in [0.1, 0.15) is 36.0 Å². The molecule has 0 spiro atoms. The lowest BCUT2D eigenvalue weighted by molar-refractivity contribution is -0.141. The second-order valence-corrected chi connectivity index (χ2v) is 12.4. The van der Waals surface area contributed by atoms with E-state index in [1.165, 1.54) is 4.31 Å². The van der Waals surface area contributed by atoms with Crippen LogP contribution in [0, 0.1) is 19.8 Å². The number of rotatable bonds is 8. The topological polar surface area (TPSA) is 96.4 Å². The van der Waals surface area contributed by atoms with Crippen LogP contribution in [0.2, 0.25) is 5.02 Å². The van der Waals surface area contributed by atoms with Gasteiger partial charge in [-0.05, 0) is 80.0 Å². The molecule has 0 aromatic heterocycles. The Kier molecular flexibility index (Phi) is 8.50. The van der Waals surface area contributed by atoms with Crippen molar-refractivity contribution in [3.8, 4) is 5.75 Å². The summed E-state index contributed by atoms with van der Waals surface area (Å²) in [6.07, 6.45) is 1.57. The molecular weight excluding hydrogens is 516 g/mol. The van der Waals surface area contributed by atoms with Gasteiger partial charge in [-0.25, -0.2) is 8.42 Å². The first-order chi connectivity index (χ1) is 17.5. The maximum Gasteiger partial charge on any atom is 0.248 e. The Morgan fingerprint density at radius 2 is 1.73 bits per heavy atom. The van der Waals surface area contributed by atoms with Gasteiger partial charge in [-0.1, -0.05) is 23.7 Å². The summed E-state index contributed by atoms with van der Waals surface area (Å²) in [6.45, 7) is 5.49. The number of benzene rings is 2. The van der Waals surface area contributed by atoms with E-state index < -0.39 is 15.6 Å². The Morgan fingerprint density at radius 1 is 1.11 bits per heavy atom. The number of likely N-dealkylation sites (tertiary alicyclic amines) is 1. The fraction of sp³-hybridized carbons (Fsp3) is 0.519. The Hall–Kier alpha value is -2.17. The molecule has 2 aromatic carbocycles. The lowest BCUT2D eigenvalue weighted by Gasteiger charge is -2.38. The van der Waals surface area contributed by atoms with Gasteiger partial charge in [0.2, 0.25) is 15.9 Å². The summed E-state index contributed by atoms with van der Waals surface area (Å²) < 4.78 is 39.2. The fourth-order valence-electron chi connectivity index (χ4n) is 5.29. The number of hydrogen-bond acceptors (Lipinski definition) is 6. The molecule has 2 heterocycles. The molecule has 1 unspecified atom stereocenters. The molecule has 2 aromatic rings. The van der Waals surface area contributed by atoms with Gasteiger partial charge in [-0.15, -0.1) is 0 Å². The maximum absolute atomic E-state index is 13.3. The number of hydrogen-bond donors (Lipinski definition) is 1. The first-order valence-electron chi connectivity index (χ1n) is 12.5. The average Bonchev–Trinajstić information content (AvgIpc) is 3.34. The SMILES string of the molecule is COc1cc(C)c(S(=O)(=O)N2CCC(COCC(=O)N3CCC(O)(c4ccc(Cl)cc4)CC3)C2)c(C)c1. The van der Waals surface area contributed by atoms with Crippen LogP contribution in [-0.2, 0) is 25.2 Å². The lowest BCUT2D eigenvalue weighted by Crippen LogP contribution is -2.46. The van der Waals surface area contributed by atoms with E-state index in [9.17, 15) is 18.3 Å². The van der Waals surface area contributed by atoms with Crippen molar-refractivity contribution in [2.75, 3.05) is 46.5 Å². The summed E-state index contributed by atoms with van der Waals surface area (Å²) in [6, 6.07) is 10.6. The Bertz CT molecular complexity index is 1200. The molecule has 8 nitrogen and oxygen atoms in total. The van der Waals surface area contributed by atoms with E-state index in [4.69, 9.17) is 21.1 Å². The molecule has 2 saturated heterocycles. The number of piperidine rings is 1. The largest absolute Gasteiger partial charge is 0.497 e. The molecule has 0 radical (unpaired) electrons. The molecule has 2 fully saturated rings. The van der Waals surface area contributed by atoms with Crippen molar-refractivity contribution in [2.45, 2.75) is 43.6 Å². The van der Waals surface area contributed by atoms with Crippen LogP contribution in [0.15, 0.2) is 41.3 Å². The van der Waals surface area contributed by atoms with Gasteiger partial charge in [0.25, 0.3) is 0 Å². The standard InChI is InChI=1S/C27H35ClN2O6S/c1-19-14-24(35-3)15-20(2)26(19)37(33,34)30-11-8-21(16-30)17-36-18-25(31)29-12-9-27(32,10-13-29)22-4-6-23(28)7-5-22/h4-7,14-15,21,32H,8-13,16-18H2,1-3H3. The number of nitrogens with zero attached hydrogens (tertiary/aromatic N) is 2. The van der Waals surface area contributed by atoms with Gasteiger partial charge in [0.15, 0.2) is 0 Å². The summed E-state index contributed by atoms with van der Waals surface area (Å²) in [5.74, 6) is 0.539. The molecule has 4 rings (SSSR count). The minimum Gasteiger partial charge on any atom is -0.497 e. The third-order valence-electron chi connectivity index (χ3n) is 7.42. The minimum atomic E-state index is -3.64. The highest BCUT2D eigenvalue weighted by Crippen LogP contribution is 2.34. The number of methoxy groups -OCH3 is 1. The summed E-state index contributed by atoms with van der Waals surface area (Å²) in [5, 5.41) is 11.6. The molecule has 0 bridgehead atoms. The number of carbonyl (C=O) groups excluding carboxylic acids is 1. The number of sulfonamides is 1. The fourth-order valence-corrected chi connectivity index (χ4v) is 7.36. The summed E-state index contributed by atoms with van der Waals surface area (Å²) >= 11 is 5.95. The van der Waals surface area contributed by atoms with E-state index in [1.54, 1.807) is 50.1 Å². The zero-order chi connectivity index (χ0) is 26.8. The first kappa shape index (κ1) is 27.9. The predicted octanol–water partition coefficient (Wildman–Crippen LogP) is 3.50. The smallest absolute Gasteiger partial charge is 0.248 e. The van der Waals surface area contributed by atoms with Gasteiger partial charge >= 0.3 is 0 Å². The van der Waals surface area contributed by atoms with E-state index >= 15 is 0 Å². The predicted molar refractivity (Wildman–Crippen MR) is 141 cm³/mol. The van der Waals surface area contributed by atoms with Gasteiger partial charge in [0.05, 0.1) is 24.2 Å². The van der Waals surface area contributed by atoms with Crippen LogP contribution in [0.4, 0.5) is 0 Å². The zero-order valence-electron chi connectivity index (χ0n) is 21.6. The van der Waals surface area contributed by atoms with Crippen LogP contribution in [0.25, 0.3) is 0 Å². The van der Waals surface area contributed by atoms with Crippen molar-refractivity contribution in [1.29, 1.82) is 0 Å². The van der Waals surface area contributed by atoms with Crippen LogP contribution in [0.5, 0.6) is 5.75 Å². The molecule has 0 aliphatic carbocycles. The normalized spacial score (nSPS) is 20.2. The number of amides is 1. The van der Waals surface area contributed by atoms with Crippen LogP contribution in [-0.4, -0.2) is 75.1 Å². The lowest BCUT2D eigenvalue weighted by atomic mass is 9.84. The monoisotopic (exact) mass is 550 g/mol. The molecular formula is C27H35ClN2O6S. The van der Waals surface area contributed by atoms with E-state index in [-0.39, 0.29) is 18.4 Å². The molecule has 2 aliphatic rings. The van der Waals surface area contributed by atoms with E-state index in [2.05, 4.69) is 0 Å². The number of halogens is 1. The molecule has 0 saturated carbocycles. The van der Waals surface area contributed by atoms with Crippen molar-refractivity contribution >= 4 is 27.5 Å². The van der Waals surface area contributed by atoms with Gasteiger partial charge in [-0.3, -0.25) is 4.79 Å². The van der Waals surface area contributed by atoms with Crippen LogP contribution >= 0.6 is 11.6 Å². The second-order valence-electron chi connectivity index (χ2n) is 10.0. The number of aryl methyl sites for hydroxylation is 2. The minimum absolute atomic E-state index is 0.0257. The van der Waals surface area contributed by atoms with E-state index in [0.29, 0.717) is 78.8 Å². The van der Waals surface area contributed by atoms with E-state index in [1.807, 2.05) is 12.1 Å². The summed E-state index contributed by atoms with van der Waals surface area (Å²) in [5.41, 5.74) is 1.15. The number of ether oxygens (including phenoxy) is 2. The highest BCUT2D eigenvalue weighted by molar-refractivity contribution is 7.89. The van der Waals surface area contributed by atoms with Crippen molar-refractivity contribution in [2.24, 2.45) is 5.92 Å². The maximum atomic E-state index is 13.3. The van der Waals surface area contributed by atoms with Crippen molar-refractivity contribution in [3.63, 3.8) is 0 Å². The van der Waals surface area contributed by atoms with Crippen LogP contribution in [0.3, 0.4) is 0 Å². The highest BCUT2D eigenvalue weighted by Gasteiger charge is 2.36. The second kappa shape index (κ2) is 11.3. The summed E-state index contributed by atoms with van der Waals surface area (Å²) in [7, 11) is -2.08. The van der Waals surface area contributed by atoms with E-state index in [0.717, 1.165) is 5.56 Å². The Labute approximate surface area is 224 Å². The summed E-state index contributed by atoms with van der Waals surface area (Å²) in [4.78, 5) is 14.7. The van der Waals surface area contributed by atoms with Crippen molar-refractivity contribution < 1.29 is 27.8 Å². The first-order valence-corrected chi connectivity index (χ1v) is 14.3. The molecule has 202 valence electrons. The zero-order valence-corrected chi connectivity index (χ0v) is 23.1. The van der Waals surface area contributed by atoms with Crippen molar-refractivity contribution in [3.05, 3.63) is 58.1 Å². The molecule has 2 aliphatic heterocycles. The average molecular weight is 551 g/mol. The number of aliphatic hydroxyl groups is 1. The van der Waals surface area contributed by atoms with Gasteiger partial charge in [0, 0.05) is 31.2 Å². The third kappa shape index (κ3) is 6.12. The van der Waals surface area contributed by atoms with Crippen LogP contribution < -0.4 is 4.74 Å². The number of carbonyl (C=O) groups is 1. The molecule has 10 heteroatoms. The quantitative estimate of drug-likeness (QED) is 0.540. The molecule has 37 heavy (non-hydrogen) atoms. The van der Waals surface area contributed by atoms with Gasteiger partial charge in [-0.2, -0.15) is 4.31 Å². The van der Waals surface area contributed by atoms with Crippen molar-refractivity contribution in [1.82, 2.24) is 9.21 Å². The Morgan fingerprint density at radius 3 is 2.32 bits per heavy atom. The molecule has 1 amide bonds. The molecule has 1 N–H and O–H groups in total. The molecule has 1 atom stereocenters. The Balaban J connectivity index is 1.25. The van der Waals surface area contributed by atoms with Gasteiger partial charge in [0.1, 0.15) is 12.4 Å². The highest BCUT2D eigenvalue weighted by atomic mass is 35.5. The van der Waals surface area contributed by atoms with Gasteiger partial charge < -0.3 is 19.5 Å². The third-order valence-corrected chi connectivity index (χ3v) is 9.84.